The van der Waals surface area contributed by atoms with Gasteiger partial charge in [0.25, 0.3) is 0 Å². The number of rotatable bonds is 8. The third-order valence-electron chi connectivity index (χ3n) is 5.46. The van der Waals surface area contributed by atoms with Crippen molar-refractivity contribution in [3.63, 3.8) is 0 Å². The maximum atomic E-state index is 12.5. The molecule has 4 N–H and O–H groups in total. The number of ether oxygens (including phenoxy) is 1. The second kappa shape index (κ2) is 11.4. The Morgan fingerprint density at radius 3 is 2.27 bits per heavy atom. The summed E-state index contributed by atoms with van der Waals surface area (Å²) in [5.74, 6) is -1.14. The molecule has 33 heavy (non-hydrogen) atoms. The van der Waals surface area contributed by atoms with Crippen LogP contribution in [0.3, 0.4) is 0 Å². The summed E-state index contributed by atoms with van der Waals surface area (Å²) in [6, 6.07) is 7.54. The first-order valence-electron chi connectivity index (χ1n) is 10.2. The number of aromatic nitrogens is 1. The molecule has 0 aliphatic carbocycles. The third kappa shape index (κ3) is 6.55. The van der Waals surface area contributed by atoms with E-state index in [4.69, 9.17) is 9.26 Å². The van der Waals surface area contributed by atoms with Crippen LogP contribution in [0, 0.1) is 0 Å². The van der Waals surface area contributed by atoms with Crippen molar-refractivity contribution in [1.82, 2.24) is 9.64 Å². The number of carbonyl (C=O) groups is 2. The van der Waals surface area contributed by atoms with Crippen LogP contribution in [0.4, 0.5) is 0 Å². The summed E-state index contributed by atoms with van der Waals surface area (Å²) in [6.07, 6.45) is 2.60. The van der Waals surface area contributed by atoms with E-state index in [-0.39, 0.29) is 5.56 Å². The lowest BCUT2D eigenvalue weighted by Crippen LogP contribution is -2.37. The van der Waals surface area contributed by atoms with Crippen LogP contribution in [0.5, 0.6) is 0 Å². The second-order valence-corrected chi connectivity index (χ2v) is 10.6. The van der Waals surface area contributed by atoms with E-state index in [2.05, 4.69) is 0 Å². The molecule has 0 bridgehead atoms. The zero-order valence-electron chi connectivity index (χ0n) is 17.9. The predicted octanol–water partition coefficient (Wildman–Crippen LogP) is 1.64. The topological polar surface area (TPSA) is 163 Å². The summed E-state index contributed by atoms with van der Waals surface area (Å²) in [7, 11) is -5.59. The predicted molar refractivity (Wildman–Crippen MR) is 120 cm³/mol. The zero-order valence-corrected chi connectivity index (χ0v) is 19.7. The first-order chi connectivity index (χ1) is 15.7. The number of hydrogen-bond acceptors (Lipinski definition) is 9. The average Bonchev–Trinajstić information content (AvgIpc) is 3.16. The van der Waals surface area contributed by atoms with Gasteiger partial charge in [0.2, 0.25) is 11.8 Å². The number of amides is 2. The molecule has 180 valence electrons. The van der Waals surface area contributed by atoms with Gasteiger partial charge in [0.15, 0.2) is 16.8 Å². The average molecular weight is 500 g/mol. The van der Waals surface area contributed by atoms with Gasteiger partial charge in [0.05, 0.1) is 11.8 Å². The molecular weight excluding hydrogens is 474 g/mol. The van der Waals surface area contributed by atoms with Crippen LogP contribution in [0.25, 0.3) is 11.1 Å². The lowest BCUT2D eigenvalue weighted by atomic mass is 9.91. The molecule has 1 aliphatic rings. The smallest absolute Gasteiger partial charge is 0.365 e. The quantitative estimate of drug-likeness (QED) is 0.395. The summed E-state index contributed by atoms with van der Waals surface area (Å²) in [5, 5.41) is -1.48. The Labute approximate surface area is 192 Å². The van der Waals surface area contributed by atoms with Crippen molar-refractivity contribution < 1.29 is 38.4 Å². The van der Waals surface area contributed by atoms with Crippen LogP contribution in [0.1, 0.15) is 37.7 Å². The van der Waals surface area contributed by atoms with E-state index < -0.39 is 52.7 Å². The molecular formula is C20H26N2O9P2. The lowest BCUT2D eigenvalue weighted by molar-refractivity contribution is -0.146. The van der Waals surface area contributed by atoms with Crippen molar-refractivity contribution in [1.29, 1.82) is 0 Å². The fourth-order valence-corrected chi connectivity index (χ4v) is 5.00. The number of hydrogen-bond donors (Lipinski definition) is 4. The van der Waals surface area contributed by atoms with Gasteiger partial charge >= 0.3 is 5.63 Å². The van der Waals surface area contributed by atoms with Gasteiger partial charge in [-0.25, -0.2) is 4.79 Å². The molecule has 1 aliphatic heterocycles. The highest BCUT2D eigenvalue weighted by atomic mass is 31.2. The lowest BCUT2D eigenvalue weighted by Gasteiger charge is -2.23. The van der Waals surface area contributed by atoms with Crippen LogP contribution in [-0.4, -0.2) is 59.6 Å². The van der Waals surface area contributed by atoms with Gasteiger partial charge in [0.1, 0.15) is 12.1 Å². The van der Waals surface area contributed by atoms with Gasteiger partial charge in [-0.2, -0.15) is 4.74 Å². The highest BCUT2D eigenvalue weighted by Crippen LogP contribution is 2.51. The minimum atomic E-state index is -2.80. The van der Waals surface area contributed by atoms with Crippen molar-refractivity contribution in [2.45, 2.75) is 44.2 Å². The zero-order chi connectivity index (χ0) is 24.1. The van der Waals surface area contributed by atoms with Crippen molar-refractivity contribution in [2.24, 2.45) is 0 Å². The van der Waals surface area contributed by atoms with Gasteiger partial charge in [0, 0.05) is 26.6 Å². The summed E-state index contributed by atoms with van der Waals surface area (Å²) in [6.45, 7) is 2.13. The Morgan fingerprint density at radius 2 is 1.73 bits per heavy atom. The largest absolute Gasteiger partial charge is 0.381 e. The molecule has 3 rings (SSSR count). The Hall–Kier alpha value is -1.97. The van der Waals surface area contributed by atoms with Gasteiger partial charge in [-0.1, -0.05) is 24.3 Å². The number of benzene rings is 1. The minimum Gasteiger partial charge on any atom is -0.381 e. The highest BCUT2D eigenvalue weighted by molar-refractivity contribution is 7.64. The Balaban J connectivity index is 1.74. The summed E-state index contributed by atoms with van der Waals surface area (Å²) >= 11 is 0. The van der Waals surface area contributed by atoms with E-state index in [1.165, 1.54) is 6.20 Å². The standard InChI is InChI=1S/C20H26N2O9P2/c1-13(23)22(18(24)10-19(32(26)27)33(28)29)12-21-11-17(20(25)31-21)16-4-2-14(3-5-16)15-6-8-30-9-7-15/h2-5,11,15,19,26-29H,6-10,12H2,1H3. The maximum absolute atomic E-state index is 12.5. The summed E-state index contributed by atoms with van der Waals surface area (Å²) in [5.41, 5.74) is 1.39. The molecule has 2 amide bonds. The molecule has 2 aromatic rings. The monoisotopic (exact) mass is 500 g/mol. The molecule has 0 unspecified atom stereocenters. The Bertz CT molecular complexity index is 1010. The highest BCUT2D eigenvalue weighted by Gasteiger charge is 2.32. The molecule has 0 atom stereocenters. The molecule has 2 heterocycles. The van der Waals surface area contributed by atoms with Crippen molar-refractivity contribution in [3.8, 4) is 11.1 Å². The van der Waals surface area contributed by atoms with Crippen LogP contribution in [0.2, 0.25) is 0 Å². The van der Waals surface area contributed by atoms with Crippen LogP contribution in [0.15, 0.2) is 39.8 Å². The van der Waals surface area contributed by atoms with E-state index in [9.17, 15) is 34.0 Å². The third-order valence-corrected chi connectivity index (χ3v) is 8.13. The Kier molecular flexibility index (Phi) is 8.89. The van der Waals surface area contributed by atoms with Gasteiger partial charge < -0.3 is 28.8 Å². The molecule has 1 saturated heterocycles. The van der Waals surface area contributed by atoms with Gasteiger partial charge in [-0.15, -0.1) is 0 Å². The minimum absolute atomic E-state index is 0.255. The van der Waals surface area contributed by atoms with Crippen molar-refractivity contribution >= 4 is 28.6 Å². The SMILES string of the molecule is CC(=O)N(Cn1cc(-c2ccc(C3CCOCC3)cc2)c(=O)o1)C(=O)CC(P(O)O)P(O)O. The first-order valence-corrected chi connectivity index (χ1v) is 12.8. The van der Waals surface area contributed by atoms with Gasteiger partial charge in [-0.3, -0.25) is 14.5 Å². The molecule has 1 fully saturated rings. The van der Waals surface area contributed by atoms with E-state index in [0.717, 1.165) is 48.2 Å². The van der Waals surface area contributed by atoms with E-state index in [0.29, 0.717) is 11.5 Å². The fourth-order valence-electron chi connectivity index (χ4n) is 3.62. The number of carbonyl (C=O) groups excluding carboxylic acids is 2. The number of imide groups is 1. The molecule has 0 radical (unpaired) electrons. The van der Waals surface area contributed by atoms with E-state index in [1.54, 1.807) is 0 Å². The molecule has 0 spiro atoms. The number of nitrogens with zero attached hydrogens (tertiary/aromatic N) is 2. The van der Waals surface area contributed by atoms with Crippen LogP contribution in [-0.2, 0) is 21.0 Å². The van der Waals surface area contributed by atoms with Crippen molar-refractivity contribution in [2.75, 3.05) is 13.2 Å². The molecule has 1 aromatic heterocycles. The van der Waals surface area contributed by atoms with Crippen LogP contribution >= 0.6 is 16.8 Å². The van der Waals surface area contributed by atoms with Crippen molar-refractivity contribution in [3.05, 3.63) is 46.4 Å². The molecule has 13 heteroatoms. The first kappa shape index (κ1) is 25.6. The summed E-state index contributed by atoms with van der Waals surface area (Å²) < 4.78 is 11.6. The normalized spacial score (nSPS) is 14.9. The van der Waals surface area contributed by atoms with Crippen LogP contribution < -0.4 is 5.63 Å². The van der Waals surface area contributed by atoms with E-state index >= 15 is 0 Å². The molecule has 1 aromatic carbocycles. The molecule has 0 saturated carbocycles. The fraction of sp³-hybridized carbons (Fsp3) is 0.450. The molecule has 11 nitrogen and oxygen atoms in total. The Morgan fingerprint density at radius 1 is 1.12 bits per heavy atom. The second-order valence-electron chi connectivity index (χ2n) is 7.65. The van der Waals surface area contributed by atoms with E-state index in [1.807, 2.05) is 24.3 Å². The van der Waals surface area contributed by atoms with Gasteiger partial charge in [-0.05, 0) is 29.9 Å². The summed E-state index contributed by atoms with van der Waals surface area (Å²) in [4.78, 5) is 74.8. The maximum Gasteiger partial charge on any atom is 0.365 e.